The van der Waals surface area contributed by atoms with Gasteiger partial charge < -0.3 is 9.87 Å². The van der Waals surface area contributed by atoms with Crippen molar-refractivity contribution in [2.75, 3.05) is 24.7 Å². The fourth-order valence-electron chi connectivity index (χ4n) is 4.95. The average Bonchev–Trinajstić information content (AvgIpc) is 2.95. The third-order valence-corrected chi connectivity index (χ3v) is 9.22. The van der Waals surface area contributed by atoms with Crippen LogP contribution in [0.1, 0.15) is 36.1 Å². The molecule has 228 valence electrons. The molecule has 0 amide bonds. The van der Waals surface area contributed by atoms with E-state index in [1.54, 1.807) is 13.0 Å². The highest BCUT2D eigenvalue weighted by Crippen LogP contribution is 2.26. The third-order valence-electron chi connectivity index (χ3n) is 7.28. The minimum atomic E-state index is -3.31. The van der Waals surface area contributed by atoms with Gasteiger partial charge in [-0.2, -0.15) is 4.98 Å². The fourth-order valence-corrected chi connectivity index (χ4v) is 6.22. The standard InChI is InChI=1S/C27H27F3N6O5S2/c1-15-16(3-6-23(32-15)20-12-19(42(38)39)4-5-22(20)28)14-36-25-17(11-21(24(29)30)26(36)37)13-31-27(34-25)33-18-7-9-35(10-8-18)43(2,40)41/h3-6,11-13,18,24H,7-10,14H2,1-2H3,(H,38,39)(H,31,33,34)/p-1. The molecule has 1 saturated heterocycles. The summed E-state index contributed by atoms with van der Waals surface area (Å²) in [6.07, 6.45) is 0.430. The van der Waals surface area contributed by atoms with Crippen molar-refractivity contribution in [3.8, 4) is 11.3 Å². The molecule has 4 heterocycles. The van der Waals surface area contributed by atoms with Gasteiger partial charge in [0.1, 0.15) is 11.5 Å². The minimum Gasteiger partial charge on any atom is -0.768 e. The Morgan fingerprint density at radius 1 is 1.14 bits per heavy atom. The smallest absolute Gasteiger partial charge is 0.269 e. The Morgan fingerprint density at radius 2 is 1.86 bits per heavy atom. The molecule has 1 atom stereocenters. The summed E-state index contributed by atoms with van der Waals surface area (Å²) in [6, 6.07) is 7.22. The first-order valence-electron chi connectivity index (χ1n) is 13.1. The highest BCUT2D eigenvalue weighted by atomic mass is 32.2. The van der Waals surface area contributed by atoms with Crippen molar-refractivity contribution in [1.82, 2.24) is 23.8 Å². The number of nitrogens with one attached hydrogen (secondary N) is 1. The summed E-state index contributed by atoms with van der Waals surface area (Å²) < 4.78 is 91.0. The van der Waals surface area contributed by atoms with E-state index in [4.69, 9.17) is 0 Å². The maximum absolute atomic E-state index is 14.5. The van der Waals surface area contributed by atoms with Gasteiger partial charge in [0.15, 0.2) is 0 Å². The molecule has 1 aromatic carbocycles. The molecule has 1 unspecified atom stereocenters. The molecule has 1 N–H and O–H groups in total. The number of rotatable bonds is 8. The van der Waals surface area contributed by atoms with Gasteiger partial charge in [-0.25, -0.2) is 30.9 Å². The average molecular weight is 636 g/mol. The van der Waals surface area contributed by atoms with Crippen LogP contribution >= 0.6 is 0 Å². The monoisotopic (exact) mass is 635 g/mol. The Labute approximate surface area is 247 Å². The molecule has 43 heavy (non-hydrogen) atoms. The summed E-state index contributed by atoms with van der Waals surface area (Å²) in [5.41, 5.74) is -0.641. The molecule has 0 spiro atoms. The Hall–Kier alpha value is -3.73. The number of halogens is 3. The van der Waals surface area contributed by atoms with E-state index in [0.29, 0.717) is 37.2 Å². The number of pyridine rings is 2. The van der Waals surface area contributed by atoms with Gasteiger partial charge in [-0.05, 0) is 66.7 Å². The van der Waals surface area contributed by atoms with Crippen molar-refractivity contribution < 1.29 is 30.4 Å². The van der Waals surface area contributed by atoms with Gasteiger partial charge in [0.2, 0.25) is 16.0 Å². The molecule has 3 aromatic heterocycles. The Bertz CT molecular complexity index is 1900. The molecule has 0 radical (unpaired) electrons. The van der Waals surface area contributed by atoms with Crippen LogP contribution in [0.3, 0.4) is 0 Å². The van der Waals surface area contributed by atoms with Crippen LogP contribution in [0.5, 0.6) is 0 Å². The van der Waals surface area contributed by atoms with E-state index in [1.807, 2.05) is 0 Å². The number of hydrogen-bond donors (Lipinski definition) is 1. The molecular weight excluding hydrogens is 609 g/mol. The molecule has 11 nitrogen and oxygen atoms in total. The van der Waals surface area contributed by atoms with Crippen molar-refractivity contribution in [3.05, 3.63) is 75.6 Å². The molecule has 4 aromatic rings. The van der Waals surface area contributed by atoms with Crippen LogP contribution in [-0.4, -0.2) is 66.4 Å². The largest absolute Gasteiger partial charge is 0.768 e. The van der Waals surface area contributed by atoms with E-state index >= 15 is 0 Å². The van der Waals surface area contributed by atoms with Crippen molar-refractivity contribution in [2.45, 2.75) is 43.7 Å². The number of anilines is 1. The van der Waals surface area contributed by atoms with E-state index in [2.05, 4.69) is 20.3 Å². The lowest BCUT2D eigenvalue weighted by atomic mass is 10.1. The minimum absolute atomic E-state index is 0.0375. The molecule has 1 aliphatic heterocycles. The molecule has 0 saturated carbocycles. The quantitative estimate of drug-likeness (QED) is 0.288. The first kappa shape index (κ1) is 30.7. The summed E-state index contributed by atoms with van der Waals surface area (Å²) >= 11 is -2.58. The predicted octanol–water partition coefficient (Wildman–Crippen LogP) is 3.36. The van der Waals surface area contributed by atoms with Crippen molar-refractivity contribution in [1.29, 1.82) is 0 Å². The first-order valence-corrected chi connectivity index (χ1v) is 16.0. The summed E-state index contributed by atoms with van der Waals surface area (Å²) in [4.78, 5) is 26.2. The number of nitrogens with zero attached hydrogens (tertiary/aromatic N) is 5. The lowest BCUT2D eigenvalue weighted by Gasteiger charge is -2.30. The van der Waals surface area contributed by atoms with E-state index < -0.39 is 44.5 Å². The van der Waals surface area contributed by atoms with Crippen molar-refractivity contribution in [2.24, 2.45) is 0 Å². The molecule has 1 aliphatic rings. The second-order valence-corrected chi connectivity index (χ2v) is 13.1. The highest BCUT2D eigenvalue weighted by molar-refractivity contribution is 7.88. The number of sulfonamides is 1. The fraction of sp³-hybridized carbons (Fsp3) is 0.333. The maximum atomic E-state index is 14.5. The van der Waals surface area contributed by atoms with E-state index in [1.165, 1.54) is 16.6 Å². The van der Waals surface area contributed by atoms with Crippen molar-refractivity contribution in [3.63, 3.8) is 0 Å². The van der Waals surface area contributed by atoms with E-state index in [9.17, 15) is 35.1 Å². The zero-order chi connectivity index (χ0) is 31.1. The number of fused-ring (bicyclic) bond motifs is 1. The van der Waals surface area contributed by atoms with Crippen LogP contribution < -0.4 is 10.9 Å². The van der Waals surface area contributed by atoms with Gasteiger partial charge in [-0.3, -0.25) is 18.6 Å². The second kappa shape index (κ2) is 12.1. The predicted molar refractivity (Wildman–Crippen MR) is 152 cm³/mol. The number of aromatic nitrogens is 4. The van der Waals surface area contributed by atoms with Gasteiger partial charge in [0.25, 0.3) is 12.0 Å². The highest BCUT2D eigenvalue weighted by Gasteiger charge is 2.26. The Kier molecular flexibility index (Phi) is 8.65. The Balaban J connectivity index is 1.49. The number of hydrogen-bond acceptors (Lipinski definition) is 9. The van der Waals surface area contributed by atoms with Gasteiger partial charge >= 0.3 is 0 Å². The molecule has 16 heteroatoms. The number of alkyl halides is 2. The second-order valence-electron chi connectivity index (χ2n) is 10.2. The van der Waals surface area contributed by atoms with Gasteiger partial charge in [-0.15, -0.1) is 0 Å². The van der Waals surface area contributed by atoms with Gasteiger partial charge in [-0.1, -0.05) is 6.07 Å². The molecule has 0 aliphatic carbocycles. The number of piperidine rings is 1. The van der Waals surface area contributed by atoms with Gasteiger partial charge in [0, 0.05) is 46.9 Å². The molecule has 0 bridgehead atoms. The molecular formula is C27H26F3N6O5S2-. The van der Waals surface area contributed by atoms with Crippen LogP contribution in [0.15, 0.2) is 52.3 Å². The van der Waals surface area contributed by atoms with Crippen LogP contribution in [0.4, 0.5) is 19.1 Å². The van der Waals surface area contributed by atoms with Crippen LogP contribution in [0.2, 0.25) is 0 Å². The van der Waals surface area contributed by atoms with E-state index in [-0.39, 0.29) is 45.7 Å². The molecule has 1 fully saturated rings. The lowest BCUT2D eigenvalue weighted by molar-refractivity contribution is 0.149. The lowest BCUT2D eigenvalue weighted by Crippen LogP contribution is -2.42. The summed E-state index contributed by atoms with van der Waals surface area (Å²) in [5.74, 6) is -0.529. The van der Waals surface area contributed by atoms with Crippen LogP contribution in [0, 0.1) is 12.7 Å². The number of aryl methyl sites for hydroxylation is 1. The summed E-state index contributed by atoms with van der Waals surface area (Å²) in [6.45, 7) is 2.04. The Morgan fingerprint density at radius 3 is 2.49 bits per heavy atom. The third kappa shape index (κ3) is 6.61. The van der Waals surface area contributed by atoms with E-state index in [0.717, 1.165) is 35.1 Å². The molecule has 5 rings (SSSR count). The van der Waals surface area contributed by atoms with Crippen molar-refractivity contribution >= 4 is 38.1 Å². The maximum Gasteiger partial charge on any atom is 0.269 e. The summed E-state index contributed by atoms with van der Waals surface area (Å²) in [5, 5.41) is 3.36. The van der Waals surface area contributed by atoms with Crippen LogP contribution in [-0.2, 0) is 27.6 Å². The SMILES string of the molecule is Cc1nc(-c2cc(S(=O)[O-])ccc2F)ccc1Cn1c(=O)c(C(F)F)cc2cnc(NC3CCN(S(C)(=O)=O)CC3)nc21. The van der Waals surface area contributed by atoms with Crippen LogP contribution in [0.25, 0.3) is 22.3 Å². The number of benzene rings is 1. The summed E-state index contributed by atoms with van der Waals surface area (Å²) in [7, 11) is -3.31. The normalized spacial score (nSPS) is 15.7. The zero-order valence-corrected chi connectivity index (χ0v) is 24.6. The zero-order valence-electron chi connectivity index (χ0n) is 23.0. The topological polar surface area (TPSA) is 150 Å². The van der Waals surface area contributed by atoms with Gasteiger partial charge in [0.05, 0.1) is 24.1 Å². The first-order chi connectivity index (χ1) is 20.3.